The van der Waals surface area contributed by atoms with E-state index in [0.29, 0.717) is 10.7 Å². The first-order chi connectivity index (χ1) is 9.56. The number of rotatable bonds is 4. The minimum Gasteiger partial charge on any atom is -0.457 e. The summed E-state index contributed by atoms with van der Waals surface area (Å²) in [5.41, 5.74) is 0.531. The highest BCUT2D eigenvalue weighted by Gasteiger charge is 2.20. The number of esters is 1. The summed E-state index contributed by atoms with van der Waals surface area (Å²) in [5.74, 6) is -1.09. The van der Waals surface area contributed by atoms with E-state index in [4.69, 9.17) is 20.8 Å². The van der Waals surface area contributed by atoms with E-state index in [0.717, 1.165) is 0 Å². The van der Waals surface area contributed by atoms with E-state index in [1.807, 2.05) is 0 Å². The van der Waals surface area contributed by atoms with Crippen LogP contribution in [-0.2, 0) is 9.53 Å². The first-order valence-corrected chi connectivity index (χ1v) is 6.25. The van der Waals surface area contributed by atoms with E-state index in [2.05, 4.69) is 5.32 Å². The summed E-state index contributed by atoms with van der Waals surface area (Å²) in [6.45, 7) is 1.47. The average molecular weight is 294 g/mol. The van der Waals surface area contributed by atoms with Gasteiger partial charge >= 0.3 is 5.97 Å². The fourth-order valence-electron chi connectivity index (χ4n) is 1.48. The Bertz CT molecular complexity index is 609. The molecule has 2 aromatic rings. The molecular weight excluding hydrogens is 282 g/mol. The van der Waals surface area contributed by atoms with Crippen molar-refractivity contribution in [3.63, 3.8) is 0 Å². The second kappa shape index (κ2) is 6.25. The zero-order valence-corrected chi connectivity index (χ0v) is 11.4. The molecule has 0 saturated heterocycles. The second-order valence-electron chi connectivity index (χ2n) is 4.02. The Morgan fingerprint density at radius 3 is 2.75 bits per heavy atom. The van der Waals surface area contributed by atoms with Crippen LogP contribution in [0.2, 0.25) is 5.02 Å². The molecule has 104 valence electrons. The van der Waals surface area contributed by atoms with Gasteiger partial charge in [0.05, 0.1) is 6.26 Å². The number of halogens is 1. The van der Waals surface area contributed by atoms with Crippen LogP contribution in [0.3, 0.4) is 0 Å². The van der Waals surface area contributed by atoms with Gasteiger partial charge in [-0.05, 0) is 37.3 Å². The molecule has 0 radical (unpaired) electrons. The smallest absolute Gasteiger partial charge is 0.374 e. The number of nitrogens with one attached hydrogen (secondary N) is 1. The van der Waals surface area contributed by atoms with Gasteiger partial charge in [-0.2, -0.15) is 0 Å². The Kier molecular flexibility index (Phi) is 4.42. The Hall–Kier alpha value is -2.27. The molecule has 0 aliphatic carbocycles. The van der Waals surface area contributed by atoms with E-state index in [1.54, 1.807) is 30.3 Å². The Morgan fingerprint density at radius 1 is 1.30 bits per heavy atom. The average Bonchev–Trinajstić information content (AvgIpc) is 2.92. The fourth-order valence-corrected chi connectivity index (χ4v) is 1.67. The molecule has 1 N–H and O–H groups in total. The minimum absolute atomic E-state index is 0.0485. The number of ether oxygens (including phenoxy) is 1. The lowest BCUT2D eigenvalue weighted by molar-refractivity contribution is -0.123. The predicted molar refractivity (Wildman–Crippen MR) is 73.7 cm³/mol. The van der Waals surface area contributed by atoms with Crippen molar-refractivity contribution in [1.29, 1.82) is 0 Å². The first kappa shape index (κ1) is 14.1. The Balaban J connectivity index is 1.94. The Morgan fingerprint density at radius 2 is 2.10 bits per heavy atom. The molecule has 1 heterocycles. The van der Waals surface area contributed by atoms with E-state index in [1.165, 1.54) is 19.3 Å². The number of carbonyl (C=O) groups is 2. The number of amides is 1. The van der Waals surface area contributed by atoms with Gasteiger partial charge < -0.3 is 14.5 Å². The van der Waals surface area contributed by atoms with Crippen LogP contribution in [0.1, 0.15) is 17.5 Å². The van der Waals surface area contributed by atoms with Crippen molar-refractivity contribution in [1.82, 2.24) is 0 Å². The number of hydrogen-bond donors (Lipinski definition) is 1. The van der Waals surface area contributed by atoms with Crippen molar-refractivity contribution in [3.8, 4) is 0 Å². The third kappa shape index (κ3) is 3.61. The van der Waals surface area contributed by atoms with Gasteiger partial charge in [-0.1, -0.05) is 17.7 Å². The van der Waals surface area contributed by atoms with Crippen molar-refractivity contribution < 1.29 is 18.7 Å². The molecule has 1 aromatic heterocycles. The van der Waals surface area contributed by atoms with Crippen LogP contribution in [-0.4, -0.2) is 18.0 Å². The highest BCUT2D eigenvalue weighted by molar-refractivity contribution is 6.30. The zero-order chi connectivity index (χ0) is 14.5. The van der Waals surface area contributed by atoms with Crippen LogP contribution in [0, 0.1) is 0 Å². The van der Waals surface area contributed by atoms with Gasteiger partial charge in [0.1, 0.15) is 0 Å². The fraction of sp³-hybridized carbons (Fsp3) is 0.143. The van der Waals surface area contributed by atoms with Gasteiger partial charge in [-0.3, -0.25) is 4.79 Å². The van der Waals surface area contributed by atoms with Gasteiger partial charge in [0.2, 0.25) is 5.76 Å². The molecule has 5 nitrogen and oxygen atoms in total. The van der Waals surface area contributed by atoms with Crippen molar-refractivity contribution in [2.24, 2.45) is 0 Å². The molecule has 20 heavy (non-hydrogen) atoms. The molecule has 0 aliphatic heterocycles. The molecule has 1 aromatic carbocycles. The molecule has 2 rings (SSSR count). The molecule has 0 bridgehead atoms. The molecule has 0 saturated carbocycles. The highest BCUT2D eigenvalue weighted by atomic mass is 35.5. The van der Waals surface area contributed by atoms with Crippen molar-refractivity contribution in [2.75, 3.05) is 5.32 Å². The Labute approximate surface area is 120 Å². The summed E-state index contributed by atoms with van der Waals surface area (Å²) in [4.78, 5) is 23.5. The summed E-state index contributed by atoms with van der Waals surface area (Å²) in [5, 5.41) is 3.10. The van der Waals surface area contributed by atoms with Crippen LogP contribution in [0.15, 0.2) is 47.1 Å². The monoisotopic (exact) mass is 293 g/mol. The molecule has 1 amide bonds. The molecular formula is C14H12ClNO4. The predicted octanol–water partition coefficient (Wildman–Crippen LogP) is 3.12. The third-order valence-corrected chi connectivity index (χ3v) is 2.70. The summed E-state index contributed by atoms with van der Waals surface area (Å²) in [7, 11) is 0. The standard InChI is InChI=1S/C14H12ClNO4/c1-9(20-14(18)12-6-3-7-19-12)13(17)16-11-5-2-4-10(15)8-11/h2-9H,1H3,(H,16,17)/t9-/m1/s1. The van der Waals surface area contributed by atoms with Gasteiger partial charge in [0.15, 0.2) is 6.10 Å². The van der Waals surface area contributed by atoms with Crippen LogP contribution in [0.4, 0.5) is 5.69 Å². The van der Waals surface area contributed by atoms with E-state index in [9.17, 15) is 9.59 Å². The zero-order valence-electron chi connectivity index (χ0n) is 10.6. The van der Waals surface area contributed by atoms with Crippen molar-refractivity contribution in [3.05, 3.63) is 53.4 Å². The van der Waals surface area contributed by atoms with Crippen LogP contribution < -0.4 is 5.32 Å². The highest BCUT2D eigenvalue weighted by Crippen LogP contribution is 2.15. The summed E-state index contributed by atoms with van der Waals surface area (Å²) in [6.07, 6.45) is 0.402. The maximum Gasteiger partial charge on any atom is 0.374 e. The number of anilines is 1. The van der Waals surface area contributed by atoms with Crippen LogP contribution >= 0.6 is 11.6 Å². The number of hydrogen-bond acceptors (Lipinski definition) is 4. The lowest BCUT2D eigenvalue weighted by Crippen LogP contribution is -2.29. The van der Waals surface area contributed by atoms with Gasteiger partial charge in [0, 0.05) is 10.7 Å². The molecule has 0 unspecified atom stereocenters. The van der Waals surface area contributed by atoms with Crippen LogP contribution in [0.25, 0.3) is 0 Å². The van der Waals surface area contributed by atoms with E-state index < -0.39 is 18.0 Å². The lowest BCUT2D eigenvalue weighted by atomic mass is 10.3. The maximum absolute atomic E-state index is 11.9. The van der Waals surface area contributed by atoms with Gasteiger partial charge in [-0.15, -0.1) is 0 Å². The maximum atomic E-state index is 11.9. The van der Waals surface area contributed by atoms with E-state index in [-0.39, 0.29) is 5.76 Å². The number of furan rings is 1. The normalized spacial score (nSPS) is 11.7. The largest absolute Gasteiger partial charge is 0.457 e. The molecule has 0 spiro atoms. The second-order valence-corrected chi connectivity index (χ2v) is 4.46. The molecule has 1 atom stereocenters. The van der Waals surface area contributed by atoms with Gasteiger partial charge in [0.25, 0.3) is 5.91 Å². The number of carbonyl (C=O) groups excluding carboxylic acids is 2. The SMILES string of the molecule is C[C@@H](OC(=O)c1ccco1)C(=O)Nc1cccc(Cl)c1. The van der Waals surface area contributed by atoms with Crippen molar-refractivity contribution in [2.45, 2.75) is 13.0 Å². The topological polar surface area (TPSA) is 68.5 Å². The quantitative estimate of drug-likeness (QED) is 0.879. The third-order valence-electron chi connectivity index (χ3n) is 2.47. The summed E-state index contributed by atoms with van der Waals surface area (Å²) in [6, 6.07) is 9.71. The van der Waals surface area contributed by atoms with E-state index >= 15 is 0 Å². The van der Waals surface area contributed by atoms with Gasteiger partial charge in [-0.25, -0.2) is 4.79 Å². The summed E-state index contributed by atoms with van der Waals surface area (Å²) < 4.78 is 9.87. The molecule has 6 heteroatoms. The summed E-state index contributed by atoms with van der Waals surface area (Å²) >= 11 is 5.81. The molecule has 0 fully saturated rings. The minimum atomic E-state index is -0.952. The first-order valence-electron chi connectivity index (χ1n) is 5.87. The lowest BCUT2D eigenvalue weighted by Gasteiger charge is -2.12. The number of benzene rings is 1. The van der Waals surface area contributed by atoms with Crippen molar-refractivity contribution >= 4 is 29.2 Å². The molecule has 0 aliphatic rings. The van der Waals surface area contributed by atoms with Crippen LogP contribution in [0.5, 0.6) is 0 Å².